The quantitative estimate of drug-likeness (QED) is 0.598. The largest absolute Gasteiger partial charge is 0.0874 e. The lowest BCUT2D eigenvalue weighted by atomic mass is 9.99. The molecule has 0 saturated heterocycles. The van der Waals surface area contributed by atoms with Gasteiger partial charge in [0.1, 0.15) is 0 Å². The summed E-state index contributed by atoms with van der Waals surface area (Å²) in [6.07, 6.45) is 6.50. The average molecular weight is 216 g/mol. The van der Waals surface area contributed by atoms with Gasteiger partial charge < -0.3 is 0 Å². The maximum atomic E-state index is 2.29. The van der Waals surface area contributed by atoms with Crippen molar-refractivity contribution in [1.29, 1.82) is 0 Å². The first-order valence-corrected chi connectivity index (χ1v) is 6.10. The molecule has 0 aliphatic rings. The minimum atomic E-state index is 0.493. The van der Waals surface area contributed by atoms with Crippen LogP contribution in [0.25, 0.3) is 0 Å². The Morgan fingerprint density at radius 2 is 1.69 bits per heavy atom. The van der Waals surface area contributed by atoms with E-state index in [0.29, 0.717) is 5.92 Å². The average Bonchev–Trinajstić information content (AvgIpc) is 2.33. The van der Waals surface area contributed by atoms with Crippen LogP contribution in [-0.4, -0.2) is 0 Å². The highest BCUT2D eigenvalue weighted by molar-refractivity contribution is 5.27. The summed E-state index contributed by atoms with van der Waals surface area (Å²) < 4.78 is 0. The Morgan fingerprint density at radius 3 is 2.19 bits per heavy atom. The molecule has 0 aliphatic heterocycles. The summed E-state index contributed by atoms with van der Waals surface area (Å²) >= 11 is 0. The molecule has 0 radical (unpaired) electrons. The van der Waals surface area contributed by atoms with Crippen molar-refractivity contribution >= 4 is 0 Å². The van der Waals surface area contributed by atoms with E-state index in [1.54, 1.807) is 0 Å². The number of allylic oxidation sites excluding steroid dienone is 4. The van der Waals surface area contributed by atoms with Crippen LogP contribution in [0.3, 0.4) is 0 Å². The molecule has 1 aromatic rings. The van der Waals surface area contributed by atoms with Crippen LogP contribution in [0.1, 0.15) is 46.1 Å². The van der Waals surface area contributed by atoms with E-state index in [0.717, 1.165) is 0 Å². The minimum absolute atomic E-state index is 0.493. The van der Waals surface area contributed by atoms with Gasteiger partial charge in [0.15, 0.2) is 0 Å². The van der Waals surface area contributed by atoms with Crippen LogP contribution in [0.4, 0.5) is 0 Å². The summed E-state index contributed by atoms with van der Waals surface area (Å²) in [6.45, 7) is 10.4. The molecule has 0 heterocycles. The Hall–Kier alpha value is -1.30. The van der Waals surface area contributed by atoms with E-state index in [-0.39, 0.29) is 0 Å². The zero-order chi connectivity index (χ0) is 12.4. The van der Waals surface area contributed by atoms with E-state index in [2.05, 4.69) is 62.4 Å². The van der Waals surface area contributed by atoms with Crippen molar-refractivity contribution in [2.75, 3.05) is 0 Å². The van der Waals surface area contributed by atoms with Crippen molar-refractivity contribution in [2.24, 2.45) is 0 Å². The summed E-state index contributed by atoms with van der Waals surface area (Å²) in [6, 6.07) is 10.6. The highest BCUT2D eigenvalue weighted by atomic mass is 14.0. The second-order valence-electron chi connectivity index (χ2n) is 3.61. The first kappa shape index (κ1) is 14.7. The van der Waals surface area contributed by atoms with Crippen molar-refractivity contribution in [3.8, 4) is 0 Å². The Bertz CT molecular complexity index is 317. The lowest BCUT2D eigenvalue weighted by Crippen LogP contribution is -1.88. The molecular weight excluding hydrogens is 192 g/mol. The Labute approximate surface area is 101 Å². The molecule has 0 saturated carbocycles. The van der Waals surface area contributed by atoms with Crippen LogP contribution < -0.4 is 0 Å². The smallest absolute Gasteiger partial charge is 0.000473 e. The van der Waals surface area contributed by atoms with Crippen molar-refractivity contribution in [3.63, 3.8) is 0 Å². The molecule has 0 aliphatic carbocycles. The van der Waals surface area contributed by atoms with Crippen molar-refractivity contribution in [3.05, 3.63) is 59.7 Å². The summed E-state index contributed by atoms with van der Waals surface area (Å²) in [5, 5.41) is 0. The van der Waals surface area contributed by atoms with Gasteiger partial charge in [0, 0.05) is 0 Å². The highest BCUT2D eigenvalue weighted by Crippen LogP contribution is 2.17. The molecule has 0 amide bonds. The Balaban J connectivity index is 0.00000106. The summed E-state index contributed by atoms with van der Waals surface area (Å²) in [5.41, 5.74) is 2.69. The van der Waals surface area contributed by atoms with Crippen LogP contribution in [-0.2, 0) is 0 Å². The van der Waals surface area contributed by atoms with Gasteiger partial charge in [0.25, 0.3) is 0 Å². The second kappa shape index (κ2) is 8.96. The molecule has 1 rings (SSSR count). The van der Waals surface area contributed by atoms with Crippen LogP contribution in [0.2, 0.25) is 0 Å². The number of hydrogen-bond acceptors (Lipinski definition) is 0. The summed E-state index contributed by atoms with van der Waals surface area (Å²) in [4.78, 5) is 0. The lowest BCUT2D eigenvalue weighted by molar-refractivity contribution is 0.958. The van der Waals surface area contributed by atoms with Gasteiger partial charge in [-0.05, 0) is 25.3 Å². The van der Waals surface area contributed by atoms with Gasteiger partial charge in [0.05, 0.1) is 0 Å². The lowest BCUT2D eigenvalue weighted by Gasteiger charge is -2.06. The van der Waals surface area contributed by atoms with E-state index in [9.17, 15) is 0 Å². The van der Waals surface area contributed by atoms with Gasteiger partial charge >= 0.3 is 0 Å². The molecule has 16 heavy (non-hydrogen) atoms. The number of benzene rings is 1. The molecule has 0 N–H and O–H groups in total. The van der Waals surface area contributed by atoms with Crippen LogP contribution >= 0.6 is 0 Å². The first-order chi connectivity index (χ1) is 7.74. The Kier molecular flexibility index (Phi) is 8.24. The van der Waals surface area contributed by atoms with E-state index in [4.69, 9.17) is 0 Å². The van der Waals surface area contributed by atoms with Gasteiger partial charge in [-0.15, -0.1) is 0 Å². The monoisotopic (exact) mass is 216 g/mol. The molecular formula is C16H24. The minimum Gasteiger partial charge on any atom is -0.0874 e. The third-order valence-corrected chi connectivity index (χ3v) is 2.27. The molecule has 0 bridgehead atoms. The second-order valence-corrected chi connectivity index (χ2v) is 3.61. The Morgan fingerprint density at radius 1 is 1.12 bits per heavy atom. The van der Waals surface area contributed by atoms with Crippen molar-refractivity contribution < 1.29 is 0 Å². The SMILES string of the molecule is C/C=C\C(C)=C\C(C)c1ccccc1.CC. The van der Waals surface area contributed by atoms with Crippen molar-refractivity contribution in [2.45, 2.75) is 40.5 Å². The topological polar surface area (TPSA) is 0 Å². The number of hydrogen-bond donors (Lipinski definition) is 0. The molecule has 0 nitrogen and oxygen atoms in total. The maximum absolute atomic E-state index is 2.29. The predicted octanol–water partition coefficient (Wildman–Crippen LogP) is 5.34. The summed E-state index contributed by atoms with van der Waals surface area (Å²) in [5.74, 6) is 0.493. The van der Waals surface area contributed by atoms with Gasteiger partial charge in [-0.3, -0.25) is 0 Å². The first-order valence-electron chi connectivity index (χ1n) is 6.10. The molecule has 88 valence electrons. The van der Waals surface area contributed by atoms with Gasteiger partial charge in [-0.1, -0.05) is 74.9 Å². The molecule has 0 aromatic heterocycles. The molecule has 0 heteroatoms. The third kappa shape index (κ3) is 5.55. The van der Waals surface area contributed by atoms with Crippen LogP contribution in [0, 0.1) is 0 Å². The van der Waals surface area contributed by atoms with Gasteiger partial charge in [0.2, 0.25) is 0 Å². The standard InChI is InChI=1S/C14H18.C2H6/c1-4-8-12(2)11-13(3)14-9-6-5-7-10-14;1-2/h4-11,13H,1-3H3;1-2H3/b8-4-,12-11+;. The fourth-order valence-corrected chi connectivity index (χ4v) is 1.57. The highest BCUT2D eigenvalue weighted by Gasteiger charge is 1.99. The predicted molar refractivity (Wildman–Crippen MR) is 74.8 cm³/mol. The van der Waals surface area contributed by atoms with Crippen LogP contribution in [0.15, 0.2) is 54.1 Å². The fraction of sp³-hybridized carbons (Fsp3) is 0.375. The van der Waals surface area contributed by atoms with E-state index in [1.807, 2.05) is 20.8 Å². The molecule has 0 spiro atoms. The summed E-state index contributed by atoms with van der Waals surface area (Å²) in [7, 11) is 0. The van der Waals surface area contributed by atoms with Gasteiger partial charge in [-0.2, -0.15) is 0 Å². The molecule has 1 atom stereocenters. The van der Waals surface area contributed by atoms with Gasteiger partial charge in [-0.25, -0.2) is 0 Å². The van der Waals surface area contributed by atoms with Crippen molar-refractivity contribution in [1.82, 2.24) is 0 Å². The molecule has 1 aromatic carbocycles. The molecule has 0 fully saturated rings. The third-order valence-electron chi connectivity index (χ3n) is 2.27. The van der Waals surface area contributed by atoms with E-state index in [1.165, 1.54) is 11.1 Å². The zero-order valence-corrected chi connectivity index (χ0v) is 11.2. The van der Waals surface area contributed by atoms with E-state index < -0.39 is 0 Å². The normalized spacial score (nSPS) is 13.2. The van der Waals surface area contributed by atoms with Crippen LogP contribution in [0.5, 0.6) is 0 Å². The van der Waals surface area contributed by atoms with E-state index >= 15 is 0 Å². The maximum Gasteiger partial charge on any atom is -0.000473 e. The molecule has 1 unspecified atom stereocenters. The zero-order valence-electron chi connectivity index (χ0n) is 11.2. The number of rotatable bonds is 3. The fourth-order valence-electron chi connectivity index (χ4n) is 1.57.